The van der Waals surface area contributed by atoms with E-state index in [1.807, 2.05) is 28.9 Å². The normalized spacial score (nSPS) is 12.7. The van der Waals surface area contributed by atoms with Crippen molar-refractivity contribution in [1.29, 1.82) is 0 Å². The lowest BCUT2D eigenvalue weighted by molar-refractivity contribution is 0.565. The first kappa shape index (κ1) is 10.1. The van der Waals surface area contributed by atoms with Crippen LogP contribution in [0, 0.1) is 0 Å². The van der Waals surface area contributed by atoms with Crippen LogP contribution in [0.15, 0.2) is 36.7 Å². The zero-order valence-electron chi connectivity index (χ0n) is 8.39. The summed E-state index contributed by atoms with van der Waals surface area (Å²) in [6, 6.07) is 7.91. The molecule has 0 aliphatic heterocycles. The van der Waals surface area contributed by atoms with Gasteiger partial charge >= 0.3 is 0 Å². The first-order chi connectivity index (χ1) is 7.16. The Labute approximate surface area is 93.5 Å². The van der Waals surface area contributed by atoms with E-state index in [0.717, 1.165) is 11.3 Å². The maximum absolute atomic E-state index is 5.82. The van der Waals surface area contributed by atoms with Crippen molar-refractivity contribution in [2.45, 2.75) is 13.0 Å². The van der Waals surface area contributed by atoms with Gasteiger partial charge in [-0.05, 0) is 24.6 Å². The maximum atomic E-state index is 5.82. The molecule has 0 saturated carbocycles. The van der Waals surface area contributed by atoms with E-state index in [9.17, 15) is 0 Å². The molecule has 2 N–H and O–H groups in total. The Morgan fingerprint density at radius 1 is 1.47 bits per heavy atom. The number of nitrogen functional groups attached to an aromatic ring is 1. The van der Waals surface area contributed by atoms with Crippen LogP contribution in [0.1, 0.15) is 18.5 Å². The summed E-state index contributed by atoms with van der Waals surface area (Å²) in [6.07, 6.45) is 3.43. The second kappa shape index (κ2) is 3.95. The van der Waals surface area contributed by atoms with Crippen LogP contribution in [-0.4, -0.2) is 9.78 Å². The molecule has 1 unspecified atom stereocenters. The minimum atomic E-state index is 0.140. The standard InChI is InChI=1S/C11H12ClN3/c1-8(15-7-10(12)6-14-15)9-3-2-4-11(13)5-9/h2-8H,13H2,1H3. The van der Waals surface area contributed by atoms with Crippen molar-refractivity contribution in [3.8, 4) is 0 Å². The lowest BCUT2D eigenvalue weighted by Crippen LogP contribution is -2.07. The van der Waals surface area contributed by atoms with Crippen molar-refractivity contribution < 1.29 is 0 Å². The Balaban J connectivity index is 2.32. The molecule has 15 heavy (non-hydrogen) atoms. The molecule has 0 radical (unpaired) electrons. The Kier molecular flexibility index (Phi) is 2.64. The highest BCUT2D eigenvalue weighted by molar-refractivity contribution is 6.30. The molecule has 0 fully saturated rings. The fourth-order valence-corrected chi connectivity index (χ4v) is 1.64. The van der Waals surface area contributed by atoms with Gasteiger partial charge in [0.25, 0.3) is 0 Å². The number of aromatic nitrogens is 2. The van der Waals surface area contributed by atoms with E-state index in [1.165, 1.54) is 0 Å². The smallest absolute Gasteiger partial charge is 0.0785 e. The molecule has 1 heterocycles. The van der Waals surface area contributed by atoms with Crippen molar-refractivity contribution in [1.82, 2.24) is 9.78 Å². The molecule has 1 aromatic carbocycles. The first-order valence-corrected chi connectivity index (χ1v) is 5.09. The summed E-state index contributed by atoms with van der Waals surface area (Å²) in [5.41, 5.74) is 7.61. The average molecular weight is 222 g/mol. The number of benzene rings is 1. The van der Waals surface area contributed by atoms with Gasteiger partial charge in [0.1, 0.15) is 0 Å². The fourth-order valence-electron chi connectivity index (χ4n) is 1.50. The van der Waals surface area contributed by atoms with Crippen molar-refractivity contribution in [2.75, 3.05) is 5.73 Å². The minimum Gasteiger partial charge on any atom is -0.399 e. The quantitative estimate of drug-likeness (QED) is 0.793. The largest absolute Gasteiger partial charge is 0.399 e. The SMILES string of the molecule is CC(c1cccc(N)c1)n1cc(Cl)cn1. The number of halogens is 1. The predicted molar refractivity (Wildman–Crippen MR) is 61.9 cm³/mol. The number of hydrogen-bond acceptors (Lipinski definition) is 2. The topological polar surface area (TPSA) is 43.8 Å². The van der Waals surface area contributed by atoms with Crippen LogP contribution in [0.25, 0.3) is 0 Å². The molecule has 0 bridgehead atoms. The lowest BCUT2D eigenvalue weighted by Gasteiger charge is -2.12. The third-order valence-electron chi connectivity index (χ3n) is 2.36. The predicted octanol–water partition coefficient (Wildman–Crippen LogP) is 2.73. The van der Waals surface area contributed by atoms with Crippen LogP contribution in [0.5, 0.6) is 0 Å². The highest BCUT2D eigenvalue weighted by Crippen LogP contribution is 2.20. The molecular weight excluding hydrogens is 210 g/mol. The van der Waals surface area contributed by atoms with Crippen LogP contribution in [0.3, 0.4) is 0 Å². The van der Waals surface area contributed by atoms with Gasteiger partial charge in [-0.15, -0.1) is 0 Å². The van der Waals surface area contributed by atoms with Gasteiger partial charge in [0, 0.05) is 11.9 Å². The number of hydrogen-bond donors (Lipinski definition) is 1. The van der Waals surface area contributed by atoms with Gasteiger partial charge in [-0.1, -0.05) is 23.7 Å². The van der Waals surface area contributed by atoms with Gasteiger partial charge in [-0.3, -0.25) is 4.68 Å². The second-order valence-electron chi connectivity index (χ2n) is 3.48. The third-order valence-corrected chi connectivity index (χ3v) is 2.56. The van der Waals surface area contributed by atoms with Gasteiger partial charge in [0.15, 0.2) is 0 Å². The van der Waals surface area contributed by atoms with Gasteiger partial charge < -0.3 is 5.73 Å². The molecule has 4 heteroatoms. The third kappa shape index (κ3) is 2.13. The molecule has 0 aliphatic carbocycles. The van der Waals surface area contributed by atoms with E-state index in [2.05, 4.69) is 12.0 Å². The van der Waals surface area contributed by atoms with Crippen molar-refractivity contribution in [2.24, 2.45) is 0 Å². The van der Waals surface area contributed by atoms with Crippen molar-refractivity contribution in [3.05, 3.63) is 47.2 Å². The van der Waals surface area contributed by atoms with E-state index in [1.54, 1.807) is 12.4 Å². The van der Waals surface area contributed by atoms with Crippen molar-refractivity contribution in [3.63, 3.8) is 0 Å². The van der Waals surface area contributed by atoms with Crippen molar-refractivity contribution >= 4 is 17.3 Å². The van der Waals surface area contributed by atoms with Crippen LogP contribution in [0.4, 0.5) is 5.69 Å². The summed E-state index contributed by atoms with van der Waals surface area (Å²) in [7, 11) is 0. The lowest BCUT2D eigenvalue weighted by atomic mass is 10.1. The number of nitrogens with two attached hydrogens (primary N) is 1. The molecule has 0 saturated heterocycles. The molecule has 2 aromatic rings. The molecule has 1 atom stereocenters. The molecule has 0 amide bonds. The van der Waals surface area contributed by atoms with E-state index < -0.39 is 0 Å². The van der Waals surface area contributed by atoms with Crippen LogP contribution >= 0.6 is 11.6 Å². The molecule has 1 aromatic heterocycles. The van der Waals surface area contributed by atoms with E-state index in [0.29, 0.717) is 5.02 Å². The Hall–Kier alpha value is -1.48. The second-order valence-corrected chi connectivity index (χ2v) is 3.92. The molecule has 2 rings (SSSR count). The first-order valence-electron chi connectivity index (χ1n) is 4.72. The van der Waals surface area contributed by atoms with Crippen LogP contribution in [-0.2, 0) is 0 Å². The Morgan fingerprint density at radius 2 is 2.27 bits per heavy atom. The fraction of sp³-hybridized carbons (Fsp3) is 0.182. The molecule has 3 nitrogen and oxygen atoms in total. The van der Waals surface area contributed by atoms with E-state index in [4.69, 9.17) is 17.3 Å². The zero-order chi connectivity index (χ0) is 10.8. The maximum Gasteiger partial charge on any atom is 0.0785 e. The van der Waals surface area contributed by atoms with Gasteiger partial charge in [-0.25, -0.2) is 0 Å². The summed E-state index contributed by atoms with van der Waals surface area (Å²) in [5, 5.41) is 4.81. The highest BCUT2D eigenvalue weighted by atomic mass is 35.5. The zero-order valence-corrected chi connectivity index (χ0v) is 9.15. The Morgan fingerprint density at radius 3 is 2.87 bits per heavy atom. The summed E-state index contributed by atoms with van der Waals surface area (Å²) < 4.78 is 1.82. The van der Waals surface area contributed by atoms with Gasteiger partial charge in [0.05, 0.1) is 17.3 Å². The van der Waals surface area contributed by atoms with Gasteiger partial charge in [-0.2, -0.15) is 5.10 Å². The monoisotopic (exact) mass is 221 g/mol. The van der Waals surface area contributed by atoms with Crippen LogP contribution in [0.2, 0.25) is 5.02 Å². The number of rotatable bonds is 2. The van der Waals surface area contributed by atoms with Crippen LogP contribution < -0.4 is 5.73 Å². The molecular formula is C11H12ClN3. The number of anilines is 1. The molecule has 0 spiro atoms. The van der Waals surface area contributed by atoms with E-state index in [-0.39, 0.29) is 6.04 Å². The Bertz CT molecular complexity index is 464. The van der Waals surface area contributed by atoms with Gasteiger partial charge in [0.2, 0.25) is 0 Å². The average Bonchev–Trinajstić information content (AvgIpc) is 2.64. The summed E-state index contributed by atoms with van der Waals surface area (Å²) in [6.45, 7) is 2.05. The number of nitrogens with zero attached hydrogens (tertiary/aromatic N) is 2. The summed E-state index contributed by atoms with van der Waals surface area (Å²) in [4.78, 5) is 0. The minimum absolute atomic E-state index is 0.140. The highest BCUT2D eigenvalue weighted by Gasteiger charge is 2.08. The molecule has 78 valence electrons. The van der Waals surface area contributed by atoms with E-state index >= 15 is 0 Å². The molecule has 0 aliphatic rings. The summed E-state index contributed by atoms with van der Waals surface area (Å²) >= 11 is 5.82. The summed E-state index contributed by atoms with van der Waals surface area (Å²) in [5.74, 6) is 0.